The normalized spacial score (nSPS) is 12.9. The van der Waals surface area contributed by atoms with Crippen molar-refractivity contribution in [3.05, 3.63) is 52.6 Å². The van der Waals surface area contributed by atoms with Crippen molar-refractivity contribution >= 4 is 27.7 Å². The molecule has 1 aromatic carbocycles. The summed E-state index contributed by atoms with van der Waals surface area (Å²) in [7, 11) is 0. The molecule has 2 unspecified atom stereocenters. The molecule has 2 aromatic rings. The number of carbonyl (C=O) groups excluding carboxylic acids is 2. The highest BCUT2D eigenvalue weighted by molar-refractivity contribution is 9.10. The largest absolute Gasteiger partial charge is 0.439 e. The summed E-state index contributed by atoms with van der Waals surface area (Å²) in [6.45, 7) is 3.80. The summed E-state index contributed by atoms with van der Waals surface area (Å²) in [6.07, 6.45) is 2.13. The van der Waals surface area contributed by atoms with E-state index in [1.54, 1.807) is 24.3 Å². The van der Waals surface area contributed by atoms with Gasteiger partial charge < -0.3 is 15.8 Å². The second-order valence-corrected chi connectivity index (χ2v) is 6.60. The van der Waals surface area contributed by atoms with Gasteiger partial charge in [-0.1, -0.05) is 36.2 Å². The van der Waals surface area contributed by atoms with Crippen LogP contribution in [-0.2, 0) is 4.79 Å². The fourth-order valence-electron chi connectivity index (χ4n) is 2.15. The van der Waals surface area contributed by atoms with E-state index in [-0.39, 0.29) is 5.92 Å². The Labute approximate surface area is 154 Å². The Morgan fingerprint density at radius 2 is 1.92 bits per heavy atom. The monoisotopic (exact) mass is 405 g/mol. The maximum atomic E-state index is 12.3. The molecule has 0 spiro atoms. The van der Waals surface area contributed by atoms with Gasteiger partial charge in [0.15, 0.2) is 0 Å². The molecule has 1 aromatic heterocycles. The van der Waals surface area contributed by atoms with Crippen LogP contribution in [0.2, 0.25) is 0 Å². The summed E-state index contributed by atoms with van der Waals surface area (Å²) < 4.78 is 6.55. The van der Waals surface area contributed by atoms with Gasteiger partial charge in [-0.3, -0.25) is 9.59 Å². The van der Waals surface area contributed by atoms with Gasteiger partial charge in [0.25, 0.3) is 5.91 Å². The number of nitrogens with two attached hydrogens (primary N) is 1. The summed E-state index contributed by atoms with van der Waals surface area (Å²) in [4.78, 5) is 27.9. The van der Waals surface area contributed by atoms with Crippen LogP contribution in [0.1, 0.15) is 30.6 Å². The van der Waals surface area contributed by atoms with Gasteiger partial charge in [0, 0.05) is 16.7 Å². The second-order valence-electron chi connectivity index (χ2n) is 5.68. The molecule has 0 fully saturated rings. The lowest BCUT2D eigenvalue weighted by molar-refractivity contribution is -0.120. The van der Waals surface area contributed by atoms with E-state index in [4.69, 9.17) is 10.5 Å². The molecule has 3 N–H and O–H groups in total. The zero-order valence-corrected chi connectivity index (χ0v) is 15.6. The Kier molecular flexibility index (Phi) is 6.52. The molecule has 132 valence electrons. The Morgan fingerprint density at radius 3 is 2.44 bits per heavy atom. The number of hydrogen-bond acceptors (Lipinski definition) is 4. The number of carbonyl (C=O) groups is 2. The number of benzene rings is 1. The fourth-order valence-corrected chi connectivity index (χ4v) is 2.42. The van der Waals surface area contributed by atoms with Crippen molar-refractivity contribution in [1.29, 1.82) is 0 Å². The van der Waals surface area contributed by atoms with Crippen LogP contribution in [0.25, 0.3) is 0 Å². The molecule has 7 heteroatoms. The fraction of sp³-hybridized carbons (Fsp3) is 0.278. The number of halogens is 1. The Morgan fingerprint density at radius 1 is 1.24 bits per heavy atom. The number of pyridine rings is 1. The highest BCUT2D eigenvalue weighted by atomic mass is 79.9. The molecular formula is C18H20BrN3O3. The number of hydrogen-bond donors (Lipinski definition) is 2. The molecule has 0 radical (unpaired) electrons. The quantitative estimate of drug-likeness (QED) is 0.738. The second kappa shape index (κ2) is 8.62. The number of nitrogens with one attached hydrogen (secondary N) is 1. The van der Waals surface area contributed by atoms with Gasteiger partial charge in [-0.25, -0.2) is 4.98 Å². The average molecular weight is 406 g/mol. The third-order valence-corrected chi connectivity index (χ3v) is 4.37. The Balaban J connectivity index is 2.04. The standard InChI is InChI=1S/C18H20BrN3O3/c1-3-11(2)16(17(20)23)22-18(24)12-4-9-15(21-10-12)25-14-7-5-13(19)6-8-14/h4-11,16H,3H2,1-2H3,(H2,20,23)(H,22,24). The molecule has 2 rings (SSSR count). The van der Waals surface area contributed by atoms with Crippen LogP contribution in [0.4, 0.5) is 0 Å². The van der Waals surface area contributed by atoms with Crippen molar-refractivity contribution in [1.82, 2.24) is 10.3 Å². The SMILES string of the molecule is CCC(C)C(NC(=O)c1ccc(Oc2ccc(Br)cc2)nc1)C(N)=O. The first kappa shape index (κ1) is 18.9. The summed E-state index contributed by atoms with van der Waals surface area (Å²) in [5.74, 6) is 0.0118. The van der Waals surface area contributed by atoms with E-state index in [9.17, 15) is 9.59 Å². The average Bonchev–Trinajstić information content (AvgIpc) is 2.61. The van der Waals surface area contributed by atoms with E-state index < -0.39 is 17.9 Å². The van der Waals surface area contributed by atoms with Crippen LogP contribution >= 0.6 is 15.9 Å². The summed E-state index contributed by atoms with van der Waals surface area (Å²) in [5, 5.41) is 2.66. The van der Waals surface area contributed by atoms with Gasteiger partial charge >= 0.3 is 0 Å². The molecule has 6 nitrogen and oxygen atoms in total. The molecule has 0 bridgehead atoms. The molecule has 0 saturated carbocycles. The lowest BCUT2D eigenvalue weighted by atomic mass is 9.98. The lowest BCUT2D eigenvalue weighted by Gasteiger charge is -2.21. The van der Waals surface area contributed by atoms with Gasteiger partial charge in [-0.15, -0.1) is 0 Å². The van der Waals surface area contributed by atoms with Crippen LogP contribution in [0.3, 0.4) is 0 Å². The predicted molar refractivity (Wildman–Crippen MR) is 98.4 cm³/mol. The van der Waals surface area contributed by atoms with Crippen LogP contribution in [0.15, 0.2) is 47.1 Å². The molecule has 0 aliphatic carbocycles. The third-order valence-electron chi connectivity index (χ3n) is 3.84. The van der Waals surface area contributed by atoms with E-state index in [1.807, 2.05) is 26.0 Å². The number of rotatable bonds is 7. The highest BCUT2D eigenvalue weighted by Crippen LogP contribution is 2.21. The Hall–Kier alpha value is -2.41. The van der Waals surface area contributed by atoms with Crippen molar-refractivity contribution in [2.45, 2.75) is 26.3 Å². The number of nitrogens with zero attached hydrogens (tertiary/aromatic N) is 1. The summed E-state index contributed by atoms with van der Waals surface area (Å²) >= 11 is 3.35. The van der Waals surface area contributed by atoms with Gasteiger partial charge in [-0.05, 0) is 36.2 Å². The molecule has 2 amide bonds. The number of amides is 2. The number of ether oxygens (including phenoxy) is 1. The van der Waals surface area contributed by atoms with E-state index in [0.717, 1.165) is 10.9 Å². The van der Waals surface area contributed by atoms with Crippen LogP contribution in [-0.4, -0.2) is 22.8 Å². The minimum Gasteiger partial charge on any atom is -0.439 e. The first-order valence-electron chi connectivity index (χ1n) is 7.90. The summed E-state index contributed by atoms with van der Waals surface area (Å²) in [6, 6.07) is 9.79. The molecular weight excluding hydrogens is 386 g/mol. The van der Waals surface area contributed by atoms with Crippen molar-refractivity contribution in [3.63, 3.8) is 0 Å². The van der Waals surface area contributed by atoms with E-state index in [1.165, 1.54) is 6.20 Å². The van der Waals surface area contributed by atoms with E-state index >= 15 is 0 Å². The first-order chi connectivity index (χ1) is 11.9. The predicted octanol–water partition coefficient (Wildman–Crippen LogP) is 3.27. The highest BCUT2D eigenvalue weighted by Gasteiger charge is 2.24. The van der Waals surface area contributed by atoms with Gasteiger partial charge in [-0.2, -0.15) is 0 Å². The first-order valence-corrected chi connectivity index (χ1v) is 8.69. The maximum Gasteiger partial charge on any atom is 0.253 e. The number of aromatic nitrogens is 1. The third kappa shape index (κ3) is 5.29. The van der Waals surface area contributed by atoms with Crippen LogP contribution in [0, 0.1) is 5.92 Å². The minimum atomic E-state index is -0.712. The van der Waals surface area contributed by atoms with Crippen LogP contribution < -0.4 is 15.8 Å². The lowest BCUT2D eigenvalue weighted by Crippen LogP contribution is -2.48. The molecule has 0 saturated heterocycles. The molecule has 2 atom stereocenters. The van der Waals surface area contributed by atoms with Gasteiger partial charge in [0.1, 0.15) is 11.8 Å². The van der Waals surface area contributed by atoms with Crippen molar-refractivity contribution in [2.24, 2.45) is 11.7 Å². The minimum absolute atomic E-state index is 0.0468. The van der Waals surface area contributed by atoms with Crippen LogP contribution in [0.5, 0.6) is 11.6 Å². The molecule has 0 aliphatic rings. The van der Waals surface area contributed by atoms with Crippen molar-refractivity contribution in [3.8, 4) is 11.6 Å². The smallest absolute Gasteiger partial charge is 0.253 e. The number of primary amides is 1. The summed E-state index contributed by atoms with van der Waals surface area (Å²) in [5.41, 5.74) is 5.70. The molecule has 0 aliphatic heterocycles. The molecule has 1 heterocycles. The maximum absolute atomic E-state index is 12.3. The van der Waals surface area contributed by atoms with Crippen molar-refractivity contribution in [2.75, 3.05) is 0 Å². The van der Waals surface area contributed by atoms with E-state index in [2.05, 4.69) is 26.2 Å². The topological polar surface area (TPSA) is 94.3 Å². The van der Waals surface area contributed by atoms with E-state index in [0.29, 0.717) is 17.2 Å². The van der Waals surface area contributed by atoms with Gasteiger partial charge in [0.05, 0.1) is 5.56 Å². The molecule has 25 heavy (non-hydrogen) atoms. The zero-order valence-electron chi connectivity index (χ0n) is 14.0. The van der Waals surface area contributed by atoms with Crippen molar-refractivity contribution < 1.29 is 14.3 Å². The van der Waals surface area contributed by atoms with Gasteiger partial charge in [0.2, 0.25) is 11.8 Å². The zero-order chi connectivity index (χ0) is 18.4. The Bertz CT molecular complexity index is 732.